The van der Waals surface area contributed by atoms with Gasteiger partial charge in [-0.2, -0.15) is 0 Å². The third-order valence-electron chi connectivity index (χ3n) is 21.9. The maximum absolute atomic E-state index is 13.6. The van der Waals surface area contributed by atoms with Gasteiger partial charge in [0.2, 0.25) is 35.3 Å². The molecule has 1 aliphatic heterocycles. The molecule has 804 valence electrons. The average molecular weight is 2090 g/mol. The number of unbranched alkanes of at least 4 members (excludes halogenated alkanes) is 2. The molecule has 0 saturated heterocycles. The Bertz CT molecular complexity index is 5560. The molecule has 2 aromatic carbocycles. The van der Waals surface area contributed by atoms with Gasteiger partial charge >= 0.3 is 5.97 Å². The molecule has 7 aromatic heterocycles. The zero-order valence-electron chi connectivity index (χ0n) is 84.3. The standard InChI is InChI=1S/C98H137ClN20O27S/c1-69-70(2)147-97-87(69)88(72-14-16-73(99)17-15-72)107-78(89-113-112-71(3)119(89)97)64-86(123)104-74-18-20-77(21-19-74)146-61-60-145-59-58-144-57-56-143-55-54-142-53-52-141-51-50-140-49-48-139-47-46-138-45-44-137-43-42-136-41-40-135-39-38-134-37-36-133-35-34-132-33-32-131-31-30-130-29-26-100-83(120)12-9-8-10-27-118-68-82(111-92(118)98(128)129)109-84(121)13-11-23-102-93(124)79-63-76(66-115(79)5)106-96(127)91-110-81(67-117(91)7)108-85(122)22-24-103-94(125)80-62-75(65-116(80)6)105-95(126)90-101-25-28-114(90)4/h14-21,25,28,62-63,65-68,78H,8-13,22-24,26-27,29-61,64H2,1-7H3,(H,100,120)(H,102,124)(H,103,125)(H,104,123)(H,105,126)(H,106,127)(H,108,122)(H,109,121)(H,128,129)/t78-/m0/s1. The van der Waals surface area contributed by atoms with E-state index in [1.807, 2.05) is 35.8 Å². The van der Waals surface area contributed by atoms with Crippen molar-refractivity contribution >= 4 is 111 Å². The summed E-state index contributed by atoms with van der Waals surface area (Å²) in [6.45, 7) is 20.7. The number of anilines is 5. The molecule has 1 atom stereocenters. The molecular weight excluding hydrogens is 1960 g/mol. The highest BCUT2D eigenvalue weighted by Gasteiger charge is 2.34. The average Bonchev–Trinajstić information content (AvgIpc) is 1.59. The van der Waals surface area contributed by atoms with Crippen molar-refractivity contribution < 1.29 is 129 Å². The third kappa shape index (κ3) is 42.2. The molecule has 0 spiro atoms. The van der Waals surface area contributed by atoms with Crippen molar-refractivity contribution in [3.05, 3.63) is 165 Å². The lowest BCUT2D eigenvalue weighted by molar-refractivity contribution is -0.121. The van der Waals surface area contributed by atoms with Crippen LogP contribution in [-0.4, -0.2) is 354 Å². The fraction of sp³-hybridized carbons (Fsp3) is 0.541. The first-order valence-electron chi connectivity index (χ1n) is 48.8. The first-order chi connectivity index (χ1) is 71.5. The monoisotopic (exact) mass is 2090 g/mol. The number of thiophene rings is 1. The molecule has 10 rings (SSSR count). The number of aromatic nitrogens is 11. The van der Waals surface area contributed by atoms with E-state index in [1.165, 1.54) is 60.1 Å². The van der Waals surface area contributed by atoms with Crippen LogP contribution in [-0.2, 0) is 130 Å². The van der Waals surface area contributed by atoms with Gasteiger partial charge in [-0.1, -0.05) is 30.2 Å². The van der Waals surface area contributed by atoms with Crippen LogP contribution in [0.15, 0.2) is 103 Å². The number of hydrogen-bond acceptors (Lipinski definition) is 33. The van der Waals surface area contributed by atoms with Crippen molar-refractivity contribution in [2.24, 2.45) is 33.2 Å². The van der Waals surface area contributed by atoms with Crippen LogP contribution in [0, 0.1) is 20.8 Å². The molecule has 0 radical (unpaired) electrons. The number of fused-ring (bicyclic) bond motifs is 3. The Hall–Kier alpha value is -12.2. The van der Waals surface area contributed by atoms with Crippen molar-refractivity contribution in [3.63, 3.8) is 0 Å². The number of hydrogen-bond donors (Lipinski definition) is 9. The number of imidazole rings is 3. The van der Waals surface area contributed by atoms with E-state index in [1.54, 1.807) is 80.8 Å². The summed E-state index contributed by atoms with van der Waals surface area (Å²) in [6.07, 6.45) is 11.3. The minimum atomic E-state index is -1.28. The lowest BCUT2D eigenvalue weighted by Crippen LogP contribution is -2.29. The number of carboxylic acid groups (broad SMARTS) is 1. The van der Waals surface area contributed by atoms with Gasteiger partial charge in [0.1, 0.15) is 40.6 Å². The Morgan fingerprint density at radius 3 is 1.34 bits per heavy atom. The summed E-state index contributed by atoms with van der Waals surface area (Å²) in [7, 11) is 6.49. The van der Waals surface area contributed by atoms with E-state index in [-0.39, 0.29) is 110 Å². The zero-order chi connectivity index (χ0) is 105. The largest absolute Gasteiger partial charge is 0.491 e. The summed E-state index contributed by atoms with van der Waals surface area (Å²) in [4.78, 5) is 134. The van der Waals surface area contributed by atoms with Crippen LogP contribution >= 0.6 is 22.9 Å². The lowest BCUT2D eigenvalue weighted by Gasteiger charge is -2.13. The molecule has 9 aromatic rings. The molecule has 47 nitrogen and oxygen atoms in total. The molecule has 0 aliphatic carbocycles. The Kier molecular flexibility index (Phi) is 52.6. The Labute approximate surface area is 861 Å². The number of aryl methyl sites for hydroxylation is 7. The molecule has 0 saturated carbocycles. The molecule has 147 heavy (non-hydrogen) atoms. The van der Waals surface area contributed by atoms with E-state index < -0.39 is 47.5 Å². The molecule has 9 N–H and O–H groups in total. The van der Waals surface area contributed by atoms with Crippen molar-refractivity contribution in [1.29, 1.82) is 0 Å². The van der Waals surface area contributed by atoms with Crippen LogP contribution in [0.1, 0.15) is 143 Å². The third-order valence-corrected chi connectivity index (χ3v) is 23.4. The summed E-state index contributed by atoms with van der Waals surface area (Å²) in [5, 5.41) is 42.2. The van der Waals surface area contributed by atoms with E-state index in [2.05, 4.69) is 81.5 Å². The topological polar surface area (TPSA) is 533 Å². The first-order valence-corrected chi connectivity index (χ1v) is 50.0. The van der Waals surface area contributed by atoms with Crippen LogP contribution in [0.25, 0.3) is 5.00 Å². The number of nitrogens with zero attached hydrogens (tertiary/aromatic N) is 12. The first kappa shape index (κ1) is 117. The second kappa shape index (κ2) is 66.2. The number of amides is 8. The summed E-state index contributed by atoms with van der Waals surface area (Å²) in [6, 6.07) is 17.2. The number of rotatable bonds is 78. The number of nitrogens with one attached hydrogen (secondary N) is 8. The van der Waals surface area contributed by atoms with Gasteiger partial charge in [0, 0.05) is 138 Å². The minimum absolute atomic E-state index is 0.0246. The highest BCUT2D eigenvalue weighted by Crippen LogP contribution is 2.40. The molecule has 0 unspecified atom stereocenters. The second-order valence-electron chi connectivity index (χ2n) is 33.2. The molecule has 8 amide bonds. The van der Waals surface area contributed by atoms with Gasteiger partial charge < -0.3 is 151 Å². The van der Waals surface area contributed by atoms with E-state index in [9.17, 15) is 48.3 Å². The van der Waals surface area contributed by atoms with Crippen LogP contribution in [0.4, 0.5) is 28.7 Å². The van der Waals surface area contributed by atoms with Crippen molar-refractivity contribution in [3.8, 4) is 10.8 Å². The number of ether oxygens (including phenoxy) is 17. The van der Waals surface area contributed by atoms with Crippen molar-refractivity contribution in [2.45, 2.75) is 84.7 Å². The normalized spacial score (nSPS) is 12.2. The van der Waals surface area contributed by atoms with Gasteiger partial charge in [-0.05, 0) is 94.1 Å². The molecule has 49 heteroatoms. The van der Waals surface area contributed by atoms with Gasteiger partial charge in [0.25, 0.3) is 23.6 Å². The van der Waals surface area contributed by atoms with Gasteiger partial charge in [0.15, 0.2) is 23.3 Å². The van der Waals surface area contributed by atoms with Crippen LogP contribution in [0.2, 0.25) is 5.02 Å². The maximum Gasteiger partial charge on any atom is 0.372 e. The number of carbonyl (C=O) groups is 9. The smallest absolute Gasteiger partial charge is 0.372 e. The Morgan fingerprint density at radius 2 is 0.857 bits per heavy atom. The summed E-state index contributed by atoms with van der Waals surface area (Å²) < 4.78 is 104. The van der Waals surface area contributed by atoms with Crippen LogP contribution in [0.5, 0.6) is 5.75 Å². The number of benzene rings is 2. The quantitative estimate of drug-likeness (QED) is 0.0169. The highest BCUT2D eigenvalue weighted by atomic mass is 35.5. The zero-order valence-corrected chi connectivity index (χ0v) is 85.9. The highest BCUT2D eigenvalue weighted by molar-refractivity contribution is 7.15. The SMILES string of the molecule is Cc1sc2c(c1C)C(c1ccc(Cl)cc1)=N[C@@H](CC(=O)Nc1ccc(OCCOCCOCCOCCOCCOCCOCCOCCOCCOCCOCCOCCOCCOCCOCCOCCOCCNC(=O)CCCCCn3cc(NC(=O)CCCNC(=O)c4cc(NC(=O)c5nc(NC(=O)CCNC(=O)c6cc(NC(=O)c7nccn7C)cn6C)cn5C)cn4C)nc3C(=O)O)cc1)c1nnc(C)n1-2. The van der Waals surface area contributed by atoms with E-state index in [0.29, 0.717) is 272 Å². The number of aromatic carboxylic acids is 1. The van der Waals surface area contributed by atoms with Crippen LogP contribution < -0.4 is 47.3 Å². The summed E-state index contributed by atoms with van der Waals surface area (Å²) in [5.41, 5.74) is 5.55. The predicted molar refractivity (Wildman–Crippen MR) is 541 cm³/mol. The lowest BCUT2D eigenvalue weighted by atomic mass is 9.99. The molecule has 0 fully saturated rings. The number of aliphatic imine (C=N–C) groups is 1. The fourth-order valence-electron chi connectivity index (χ4n) is 14.4. The molecule has 0 bridgehead atoms. The number of carbonyl (C=O) groups excluding carboxylic acids is 8. The summed E-state index contributed by atoms with van der Waals surface area (Å²) in [5.74, 6) is -2.58. The minimum Gasteiger partial charge on any atom is -0.491 e. The maximum atomic E-state index is 13.6. The Morgan fingerprint density at radius 1 is 0.408 bits per heavy atom. The Balaban J connectivity index is 0.407. The summed E-state index contributed by atoms with van der Waals surface area (Å²) >= 11 is 7.93. The van der Waals surface area contributed by atoms with Gasteiger partial charge in [0.05, 0.1) is 235 Å². The number of carboxylic acids is 1. The van der Waals surface area contributed by atoms with Crippen molar-refractivity contribution in [1.82, 2.24) is 68.5 Å². The van der Waals surface area contributed by atoms with Gasteiger partial charge in [-0.15, -0.1) is 21.5 Å². The van der Waals surface area contributed by atoms with Crippen molar-refractivity contribution in [2.75, 3.05) is 264 Å². The van der Waals surface area contributed by atoms with Crippen LogP contribution in [0.3, 0.4) is 0 Å². The van der Waals surface area contributed by atoms with E-state index in [0.717, 1.165) is 33.2 Å². The van der Waals surface area contributed by atoms with E-state index in [4.69, 9.17) is 97.1 Å². The van der Waals surface area contributed by atoms with Gasteiger partial charge in [-0.3, -0.25) is 47.9 Å². The predicted octanol–water partition coefficient (Wildman–Crippen LogP) is 7.30. The number of halogens is 1. The van der Waals surface area contributed by atoms with Gasteiger partial charge in [-0.25, -0.2) is 19.7 Å². The fourth-order valence-corrected chi connectivity index (χ4v) is 15.8. The molecule has 1 aliphatic rings. The van der Waals surface area contributed by atoms with E-state index >= 15 is 0 Å². The molecule has 8 heterocycles. The molecular formula is C98H137ClN20O27S. The second-order valence-corrected chi connectivity index (χ2v) is 34.8.